The fraction of sp³-hybridized carbons (Fsp3) is 0.125. The molecule has 7 heteroatoms. The normalized spacial score (nSPS) is 10.2. The molecule has 1 N–H and O–H groups in total. The van der Waals surface area contributed by atoms with E-state index in [2.05, 4.69) is 21.2 Å². The first-order chi connectivity index (χ1) is 11.0. The number of rotatable bonds is 5. The highest BCUT2D eigenvalue weighted by atomic mass is 79.9. The second-order valence-electron chi connectivity index (χ2n) is 4.60. The van der Waals surface area contributed by atoms with Crippen molar-refractivity contribution >= 4 is 27.8 Å². The quantitative estimate of drug-likeness (QED) is 0.806. The lowest BCUT2D eigenvalue weighted by atomic mass is 10.2. The average molecular weight is 384 g/mol. The van der Waals surface area contributed by atoms with Crippen molar-refractivity contribution in [1.29, 1.82) is 0 Å². The van der Waals surface area contributed by atoms with Crippen LogP contribution in [0.4, 0.5) is 8.78 Å². The summed E-state index contributed by atoms with van der Waals surface area (Å²) >= 11 is 3.24. The summed E-state index contributed by atoms with van der Waals surface area (Å²) in [7, 11) is 0. The summed E-state index contributed by atoms with van der Waals surface area (Å²) in [6.45, 7) is -0.613. The van der Waals surface area contributed by atoms with Crippen LogP contribution in [0, 0.1) is 11.6 Å². The van der Waals surface area contributed by atoms with Crippen molar-refractivity contribution in [3.05, 3.63) is 69.7 Å². The number of ether oxygens (including phenoxy) is 1. The molecule has 0 spiro atoms. The maximum atomic E-state index is 13.4. The van der Waals surface area contributed by atoms with E-state index in [1.165, 1.54) is 6.07 Å². The minimum absolute atomic E-state index is 0.124. The van der Waals surface area contributed by atoms with Crippen molar-refractivity contribution in [3.8, 4) is 0 Å². The first kappa shape index (κ1) is 17.1. The number of carbonyl (C=O) groups excluding carboxylic acids is 2. The van der Waals surface area contributed by atoms with Crippen LogP contribution in [-0.4, -0.2) is 18.5 Å². The molecule has 120 valence electrons. The van der Waals surface area contributed by atoms with Crippen molar-refractivity contribution in [2.75, 3.05) is 6.61 Å². The third kappa shape index (κ3) is 5.14. The van der Waals surface area contributed by atoms with Gasteiger partial charge < -0.3 is 10.1 Å². The molecule has 2 aromatic carbocycles. The second-order valence-corrected chi connectivity index (χ2v) is 5.51. The number of benzene rings is 2. The molecule has 0 aromatic heterocycles. The lowest BCUT2D eigenvalue weighted by molar-refractivity contribution is -0.124. The Balaban J connectivity index is 1.81. The Morgan fingerprint density at radius 3 is 2.43 bits per heavy atom. The number of hydrogen-bond acceptors (Lipinski definition) is 3. The van der Waals surface area contributed by atoms with Gasteiger partial charge in [0.25, 0.3) is 5.91 Å². The van der Waals surface area contributed by atoms with E-state index in [1.54, 1.807) is 24.3 Å². The molecule has 0 atom stereocenters. The van der Waals surface area contributed by atoms with Gasteiger partial charge >= 0.3 is 5.97 Å². The van der Waals surface area contributed by atoms with Crippen molar-refractivity contribution in [3.63, 3.8) is 0 Å². The van der Waals surface area contributed by atoms with Gasteiger partial charge in [0.05, 0.1) is 5.56 Å². The van der Waals surface area contributed by atoms with Gasteiger partial charge in [0.1, 0.15) is 11.6 Å². The summed E-state index contributed by atoms with van der Waals surface area (Å²) in [6.07, 6.45) is 0. The van der Waals surface area contributed by atoms with Crippen LogP contribution >= 0.6 is 15.9 Å². The van der Waals surface area contributed by atoms with Crippen LogP contribution in [0.25, 0.3) is 0 Å². The summed E-state index contributed by atoms with van der Waals surface area (Å²) in [5.74, 6) is -2.67. The van der Waals surface area contributed by atoms with Crippen molar-refractivity contribution in [1.82, 2.24) is 5.32 Å². The standard InChI is InChI=1S/C16H12BrF2NO3/c17-12-4-1-10(2-5-12)16(22)23-9-15(21)20-8-11-3-6-13(18)7-14(11)19/h1-7H,8-9H2,(H,20,21). The third-order valence-corrected chi connectivity index (χ3v) is 3.43. The number of amides is 1. The van der Waals surface area contributed by atoms with Gasteiger partial charge in [-0.15, -0.1) is 0 Å². The highest BCUT2D eigenvalue weighted by Crippen LogP contribution is 2.11. The summed E-state index contributed by atoms with van der Waals surface area (Å²) < 4.78 is 31.8. The van der Waals surface area contributed by atoms with Gasteiger partial charge in [0, 0.05) is 22.6 Å². The van der Waals surface area contributed by atoms with E-state index in [0.29, 0.717) is 5.56 Å². The van der Waals surface area contributed by atoms with Crippen molar-refractivity contribution in [2.24, 2.45) is 0 Å². The highest BCUT2D eigenvalue weighted by Gasteiger charge is 2.11. The molecule has 0 aliphatic carbocycles. The van der Waals surface area contributed by atoms with Gasteiger partial charge in [-0.05, 0) is 30.3 Å². The van der Waals surface area contributed by atoms with Crippen LogP contribution in [0.15, 0.2) is 46.9 Å². The maximum absolute atomic E-state index is 13.4. The zero-order chi connectivity index (χ0) is 16.8. The third-order valence-electron chi connectivity index (χ3n) is 2.91. The molecule has 0 heterocycles. The maximum Gasteiger partial charge on any atom is 0.338 e. The molecule has 0 saturated carbocycles. The zero-order valence-electron chi connectivity index (χ0n) is 11.8. The van der Waals surface area contributed by atoms with Crippen molar-refractivity contribution in [2.45, 2.75) is 6.54 Å². The SMILES string of the molecule is O=C(COC(=O)c1ccc(Br)cc1)NCc1ccc(F)cc1F. The molecule has 0 saturated heterocycles. The van der Waals surface area contributed by atoms with Gasteiger partial charge in [-0.25, -0.2) is 13.6 Å². The predicted molar refractivity (Wildman–Crippen MR) is 82.6 cm³/mol. The summed E-state index contributed by atoms with van der Waals surface area (Å²) in [5, 5.41) is 2.39. The largest absolute Gasteiger partial charge is 0.452 e. The molecule has 0 radical (unpaired) electrons. The molecule has 0 fully saturated rings. The van der Waals surface area contributed by atoms with E-state index in [4.69, 9.17) is 4.74 Å². The van der Waals surface area contributed by atoms with Gasteiger partial charge in [-0.2, -0.15) is 0 Å². The van der Waals surface area contributed by atoms with Crippen LogP contribution in [0.2, 0.25) is 0 Å². The average Bonchev–Trinajstić information content (AvgIpc) is 2.52. The highest BCUT2D eigenvalue weighted by molar-refractivity contribution is 9.10. The first-order valence-corrected chi connectivity index (χ1v) is 7.38. The lowest BCUT2D eigenvalue weighted by Gasteiger charge is -2.07. The van der Waals surface area contributed by atoms with Crippen molar-refractivity contribution < 1.29 is 23.1 Å². The minimum atomic E-state index is -0.753. The fourth-order valence-electron chi connectivity index (χ4n) is 1.71. The van der Waals surface area contributed by atoms with E-state index >= 15 is 0 Å². The number of hydrogen-bond donors (Lipinski definition) is 1. The van der Waals surface area contributed by atoms with Crippen LogP contribution in [-0.2, 0) is 16.1 Å². The van der Waals surface area contributed by atoms with Gasteiger partial charge in [0.15, 0.2) is 6.61 Å². The number of esters is 1. The molecule has 0 aliphatic heterocycles. The Kier molecular flexibility index (Phi) is 5.81. The Hall–Kier alpha value is -2.28. The molecular weight excluding hydrogens is 372 g/mol. The van der Waals surface area contributed by atoms with E-state index in [-0.39, 0.29) is 12.1 Å². The summed E-state index contributed by atoms with van der Waals surface area (Å²) in [5.41, 5.74) is 0.449. The molecule has 2 rings (SSSR count). The topological polar surface area (TPSA) is 55.4 Å². The lowest BCUT2D eigenvalue weighted by Crippen LogP contribution is -2.28. The second kappa shape index (κ2) is 7.82. The molecule has 0 aliphatic rings. The molecule has 4 nitrogen and oxygen atoms in total. The number of carbonyl (C=O) groups is 2. The minimum Gasteiger partial charge on any atom is -0.452 e. The van der Waals surface area contributed by atoms with Crippen LogP contribution in [0.1, 0.15) is 15.9 Å². The van der Waals surface area contributed by atoms with Crippen LogP contribution in [0.3, 0.4) is 0 Å². The Labute approximate surface area is 139 Å². The molecule has 2 aromatic rings. The van der Waals surface area contributed by atoms with Gasteiger partial charge in [0.2, 0.25) is 0 Å². The van der Waals surface area contributed by atoms with Crippen LogP contribution in [0.5, 0.6) is 0 Å². The summed E-state index contributed by atoms with van der Waals surface area (Å²) in [4.78, 5) is 23.3. The molecule has 0 unspecified atom stereocenters. The molecule has 1 amide bonds. The smallest absolute Gasteiger partial charge is 0.338 e. The summed E-state index contributed by atoms with van der Waals surface area (Å²) in [6, 6.07) is 9.52. The Morgan fingerprint density at radius 2 is 1.78 bits per heavy atom. The van der Waals surface area contributed by atoms with Gasteiger partial charge in [-0.1, -0.05) is 22.0 Å². The van der Waals surface area contributed by atoms with Gasteiger partial charge in [-0.3, -0.25) is 4.79 Å². The molecular formula is C16H12BrF2NO3. The van der Waals surface area contributed by atoms with E-state index in [1.807, 2.05) is 0 Å². The monoisotopic (exact) mass is 383 g/mol. The predicted octanol–water partition coefficient (Wildman–Crippen LogP) is 3.20. The number of halogens is 3. The first-order valence-electron chi connectivity index (χ1n) is 6.59. The van der Waals surface area contributed by atoms with E-state index in [0.717, 1.165) is 16.6 Å². The Bertz CT molecular complexity index is 720. The van der Waals surface area contributed by atoms with E-state index < -0.39 is 30.1 Å². The fourth-order valence-corrected chi connectivity index (χ4v) is 1.97. The number of nitrogens with one attached hydrogen (secondary N) is 1. The van der Waals surface area contributed by atoms with E-state index in [9.17, 15) is 18.4 Å². The molecule has 0 bridgehead atoms. The van der Waals surface area contributed by atoms with Crippen LogP contribution < -0.4 is 5.32 Å². The Morgan fingerprint density at radius 1 is 1.09 bits per heavy atom. The zero-order valence-corrected chi connectivity index (χ0v) is 13.4. The molecule has 23 heavy (non-hydrogen) atoms.